The van der Waals surface area contributed by atoms with Gasteiger partial charge in [-0.1, -0.05) is 55.4 Å². The second-order valence-electron chi connectivity index (χ2n) is 11.4. The minimum atomic E-state index is -2.95. The highest BCUT2D eigenvalue weighted by Crippen LogP contribution is 2.40. The highest BCUT2D eigenvalue weighted by Gasteiger charge is 2.40. The number of hydrogen-bond donors (Lipinski definition) is 1. The van der Waals surface area contributed by atoms with Gasteiger partial charge in [0.15, 0.2) is 16.6 Å². The summed E-state index contributed by atoms with van der Waals surface area (Å²) in [7, 11) is -6.93. The topological polar surface area (TPSA) is 77.6 Å². The quantitative estimate of drug-likeness (QED) is 0.514. The van der Waals surface area contributed by atoms with Crippen molar-refractivity contribution in [1.82, 2.24) is 4.98 Å². The third-order valence-electron chi connectivity index (χ3n) is 6.15. The van der Waals surface area contributed by atoms with Gasteiger partial charge in [0, 0.05) is 12.0 Å². The van der Waals surface area contributed by atoms with Crippen LogP contribution in [0.25, 0.3) is 0 Å². The van der Waals surface area contributed by atoms with E-state index in [1.807, 2.05) is 0 Å². The van der Waals surface area contributed by atoms with Gasteiger partial charge in [0.05, 0.1) is 6.20 Å². The van der Waals surface area contributed by atoms with Gasteiger partial charge in [-0.2, -0.15) is 0 Å². The van der Waals surface area contributed by atoms with Gasteiger partial charge in [0.25, 0.3) is 0 Å². The number of hydrogen-bond acceptors (Lipinski definition) is 5. The molecule has 0 aliphatic rings. The molecule has 5 nitrogen and oxygen atoms in total. The molecule has 1 aromatic heterocycles. The molecule has 0 aromatic carbocycles. The van der Waals surface area contributed by atoms with Crippen LogP contribution < -0.4 is 5.14 Å². The molecule has 0 amide bonds. The Bertz CT molecular complexity index is 810. The predicted octanol–water partition coefficient (Wildman–Crippen LogP) is 6.15. The fraction of sp³-hybridized carbons (Fsp3) is 0.842. The average Bonchev–Trinajstić information content (AvgIpc) is 2.93. The van der Waals surface area contributed by atoms with Crippen molar-refractivity contribution >= 4 is 37.8 Å². The van der Waals surface area contributed by atoms with Gasteiger partial charge in [-0.3, -0.25) is 4.03 Å². The lowest BCUT2D eigenvalue weighted by molar-refractivity contribution is 0.220. The van der Waals surface area contributed by atoms with E-state index in [1.165, 1.54) is 11.3 Å². The molecule has 0 saturated heterocycles. The van der Waals surface area contributed by atoms with Crippen LogP contribution in [-0.4, -0.2) is 32.4 Å². The lowest BCUT2D eigenvalue weighted by atomic mass is 9.96. The van der Waals surface area contributed by atoms with Gasteiger partial charge in [0.1, 0.15) is 19.1 Å². The van der Waals surface area contributed by atoms with E-state index in [4.69, 9.17) is 9.56 Å². The van der Waals surface area contributed by atoms with E-state index in [0.29, 0.717) is 10.8 Å². The first-order chi connectivity index (χ1) is 12.1. The smallest absolute Gasteiger partial charge is 0.195 e. The van der Waals surface area contributed by atoms with Gasteiger partial charge in [-0.05, 0) is 36.3 Å². The molecule has 0 radical (unpaired) electrons. The molecular weight excluding hydrogens is 423 g/mol. The Morgan fingerprint density at radius 1 is 1.07 bits per heavy atom. The summed E-state index contributed by atoms with van der Waals surface area (Å²) in [6.45, 7) is 26.7. The number of thiazole rings is 1. The van der Waals surface area contributed by atoms with Crippen LogP contribution in [0.15, 0.2) is 14.4 Å². The molecule has 1 heterocycles. The maximum absolute atomic E-state index is 13.2. The molecule has 0 aliphatic carbocycles. The fourth-order valence-corrected chi connectivity index (χ4v) is 9.18. The second kappa shape index (κ2) is 7.88. The first-order valence-corrected chi connectivity index (χ1v) is 18.0. The van der Waals surface area contributed by atoms with Crippen molar-refractivity contribution in [3.63, 3.8) is 0 Å². The van der Waals surface area contributed by atoms with Crippen molar-refractivity contribution in [3.8, 4) is 0 Å². The zero-order chi connectivity index (χ0) is 22.4. The predicted molar refractivity (Wildman–Crippen MR) is 129 cm³/mol. The Kier molecular flexibility index (Phi) is 7.31. The molecule has 1 aromatic rings. The first-order valence-electron chi connectivity index (χ1n) is 9.79. The van der Waals surface area contributed by atoms with Crippen LogP contribution in [0.5, 0.6) is 0 Å². The van der Waals surface area contributed by atoms with E-state index in [9.17, 15) is 4.21 Å². The van der Waals surface area contributed by atoms with Crippen LogP contribution in [0, 0.1) is 0 Å². The van der Waals surface area contributed by atoms with E-state index in [1.54, 1.807) is 6.20 Å². The summed E-state index contributed by atoms with van der Waals surface area (Å²) < 4.78 is 24.9. The van der Waals surface area contributed by atoms with Gasteiger partial charge in [-0.25, -0.2) is 14.3 Å². The molecule has 164 valence electrons. The molecule has 9 heteroatoms. The lowest BCUT2D eigenvalue weighted by Crippen LogP contribution is -2.43. The zero-order valence-corrected chi connectivity index (χ0v) is 23.5. The van der Waals surface area contributed by atoms with Crippen molar-refractivity contribution < 1.29 is 8.63 Å². The summed E-state index contributed by atoms with van der Waals surface area (Å²) >= 11 is 1.41. The minimum Gasteiger partial charge on any atom is -0.416 e. The van der Waals surface area contributed by atoms with Crippen LogP contribution in [0.4, 0.5) is 0 Å². The SMILES string of the molecule is CC(C)(CO[Si](C)(C)C(C)(C)C)c1ncc(S(N)(=O)=N[Si](C)(C)C(C)(C)C)s1. The number of nitrogens with zero attached hydrogens (tertiary/aromatic N) is 2. The number of rotatable bonds is 6. The molecule has 2 N–H and O–H groups in total. The second-order valence-corrected chi connectivity index (χ2v) is 24.4. The fourth-order valence-electron chi connectivity index (χ4n) is 1.87. The van der Waals surface area contributed by atoms with E-state index in [-0.39, 0.29) is 15.5 Å². The maximum atomic E-state index is 13.2. The summed E-state index contributed by atoms with van der Waals surface area (Å²) in [5, 5.41) is 7.26. The Labute approximate surface area is 179 Å². The zero-order valence-electron chi connectivity index (χ0n) is 19.9. The molecule has 1 rings (SSSR count). The Morgan fingerprint density at radius 3 is 2.00 bits per heavy atom. The standard InChI is InChI=1S/C19H41N3O2S2Si2/c1-17(2,3)27(9,10)22-26(20,23)15-13-21-16(25-15)19(7,8)14-24-28(11,12)18(4,5)6/h13H,14H2,1-12H3,(H2,20,22,23). The Hall–Kier alpha value is -0.0662. The van der Waals surface area contributed by atoms with Crippen LogP contribution >= 0.6 is 11.3 Å². The van der Waals surface area contributed by atoms with Gasteiger partial charge >= 0.3 is 0 Å². The summed E-state index contributed by atoms with van der Waals surface area (Å²) in [5.41, 5.74) is -0.273. The lowest BCUT2D eigenvalue weighted by Gasteiger charge is -2.38. The minimum absolute atomic E-state index is 0.0151. The van der Waals surface area contributed by atoms with Crippen molar-refractivity contribution in [2.45, 2.75) is 101 Å². The van der Waals surface area contributed by atoms with E-state index in [0.717, 1.165) is 5.01 Å². The highest BCUT2D eigenvalue weighted by atomic mass is 32.2. The van der Waals surface area contributed by atoms with Crippen molar-refractivity contribution in [2.24, 2.45) is 9.17 Å². The largest absolute Gasteiger partial charge is 0.416 e. The van der Waals surface area contributed by atoms with Crippen molar-refractivity contribution in [3.05, 3.63) is 11.2 Å². The van der Waals surface area contributed by atoms with Crippen LogP contribution in [0.2, 0.25) is 36.3 Å². The molecule has 1 unspecified atom stereocenters. The summed E-state index contributed by atoms with van der Waals surface area (Å²) in [6, 6.07) is 0. The number of aromatic nitrogens is 1. The average molecular weight is 464 g/mol. The van der Waals surface area contributed by atoms with Gasteiger partial charge < -0.3 is 4.43 Å². The third-order valence-corrected chi connectivity index (χ3v) is 20.0. The Balaban J connectivity index is 3.16. The Morgan fingerprint density at radius 2 is 1.57 bits per heavy atom. The van der Waals surface area contributed by atoms with Gasteiger partial charge in [-0.15, -0.1) is 11.3 Å². The van der Waals surface area contributed by atoms with E-state index >= 15 is 0 Å². The van der Waals surface area contributed by atoms with E-state index in [2.05, 4.69) is 90.6 Å². The molecule has 0 bridgehead atoms. The molecule has 0 fully saturated rings. The molecular formula is C19H41N3O2S2Si2. The monoisotopic (exact) mass is 463 g/mol. The summed E-state index contributed by atoms with van der Waals surface area (Å²) in [4.78, 5) is 4.56. The first kappa shape index (κ1) is 26.0. The van der Waals surface area contributed by atoms with Crippen molar-refractivity contribution in [2.75, 3.05) is 6.61 Å². The number of nitrogens with two attached hydrogens (primary N) is 1. The molecule has 28 heavy (non-hydrogen) atoms. The van der Waals surface area contributed by atoms with Crippen LogP contribution in [0.3, 0.4) is 0 Å². The molecule has 1 atom stereocenters. The van der Waals surface area contributed by atoms with E-state index < -0.39 is 26.5 Å². The molecule has 0 saturated carbocycles. The van der Waals surface area contributed by atoms with Crippen molar-refractivity contribution in [1.29, 1.82) is 0 Å². The maximum Gasteiger partial charge on any atom is 0.195 e. The molecule has 0 aliphatic heterocycles. The van der Waals surface area contributed by atoms with Gasteiger partial charge in [0.2, 0.25) is 0 Å². The summed E-state index contributed by atoms with van der Waals surface area (Å²) in [5.74, 6) is 0. The van der Waals surface area contributed by atoms with Crippen LogP contribution in [0.1, 0.15) is 60.4 Å². The normalized spacial score (nSPS) is 16.8. The molecule has 0 spiro atoms. The van der Waals surface area contributed by atoms with Crippen LogP contribution in [-0.2, 0) is 19.8 Å². The third kappa shape index (κ3) is 5.98. The summed E-state index contributed by atoms with van der Waals surface area (Å²) in [6.07, 6.45) is 1.65. The highest BCUT2D eigenvalue weighted by molar-refractivity contribution is 7.94.